The van der Waals surface area contributed by atoms with E-state index in [1.807, 2.05) is 50.2 Å². The molecule has 30 heavy (non-hydrogen) atoms. The Labute approximate surface area is 175 Å². The normalized spacial score (nSPS) is 9.90. The predicted molar refractivity (Wildman–Crippen MR) is 119 cm³/mol. The van der Waals surface area contributed by atoms with Crippen molar-refractivity contribution >= 4 is 29.3 Å². The summed E-state index contributed by atoms with van der Waals surface area (Å²) >= 11 is 0. The van der Waals surface area contributed by atoms with Crippen molar-refractivity contribution in [3.63, 3.8) is 0 Å². The molecule has 0 spiro atoms. The fraction of sp³-hybridized carbons (Fsp3) is 0.0800. The number of carbonyl (C=O) groups is 2. The third kappa shape index (κ3) is 5.00. The maximum absolute atomic E-state index is 13.0. The fourth-order valence-corrected chi connectivity index (χ4v) is 2.90. The molecular weight excluding hydrogens is 374 g/mol. The second kappa shape index (κ2) is 9.35. The van der Waals surface area contributed by atoms with E-state index in [0.29, 0.717) is 22.5 Å². The highest BCUT2D eigenvalue weighted by Gasteiger charge is 2.20. The Morgan fingerprint density at radius 3 is 1.83 bits per heavy atom. The highest BCUT2D eigenvalue weighted by molar-refractivity contribution is 6.29. The Bertz CT molecular complexity index is 1110. The van der Waals surface area contributed by atoms with Crippen molar-refractivity contribution in [2.75, 3.05) is 10.6 Å². The second-order valence-corrected chi connectivity index (χ2v) is 6.83. The smallest absolute Gasteiger partial charge is 0.261 e. The van der Waals surface area contributed by atoms with Gasteiger partial charge >= 0.3 is 0 Å². The van der Waals surface area contributed by atoms with Crippen molar-refractivity contribution < 1.29 is 9.59 Å². The summed E-state index contributed by atoms with van der Waals surface area (Å²) in [7, 11) is 0. The van der Waals surface area contributed by atoms with Crippen LogP contribution in [0.15, 0.2) is 78.4 Å². The van der Waals surface area contributed by atoms with E-state index in [4.69, 9.17) is 5.26 Å². The molecule has 0 fully saturated rings. The molecule has 0 aromatic heterocycles. The number of amides is 2. The standard InChI is InChI=1S/C25H21N3O2/c1-17-8-3-5-12-22(17)27-24(29)21(15-19-10-7-11-20(14-19)16-26)25(30)28-23-13-6-4-9-18(23)2/h3-15H,1-2H3,(H,27,29)(H,28,30). The van der Waals surface area contributed by atoms with Crippen LogP contribution in [0.2, 0.25) is 0 Å². The minimum absolute atomic E-state index is 0.0587. The number of hydrogen-bond acceptors (Lipinski definition) is 3. The van der Waals surface area contributed by atoms with E-state index in [-0.39, 0.29) is 5.57 Å². The monoisotopic (exact) mass is 395 g/mol. The highest BCUT2D eigenvalue weighted by Crippen LogP contribution is 2.19. The lowest BCUT2D eigenvalue weighted by Gasteiger charge is -2.13. The first-order valence-corrected chi connectivity index (χ1v) is 9.44. The third-order valence-corrected chi connectivity index (χ3v) is 4.60. The number of para-hydroxylation sites is 2. The van der Waals surface area contributed by atoms with Gasteiger partial charge in [0, 0.05) is 11.4 Å². The van der Waals surface area contributed by atoms with Crippen LogP contribution in [0.3, 0.4) is 0 Å². The van der Waals surface area contributed by atoms with Gasteiger partial charge in [-0.05, 0) is 60.9 Å². The molecule has 3 aromatic carbocycles. The SMILES string of the molecule is Cc1ccccc1NC(=O)C(=Cc1cccc(C#N)c1)C(=O)Nc1ccccc1C. The lowest BCUT2D eigenvalue weighted by atomic mass is 10.1. The second-order valence-electron chi connectivity index (χ2n) is 6.83. The van der Waals surface area contributed by atoms with E-state index in [9.17, 15) is 9.59 Å². The predicted octanol–water partition coefficient (Wildman–Crippen LogP) is 4.84. The van der Waals surface area contributed by atoms with Crippen LogP contribution in [0, 0.1) is 25.2 Å². The van der Waals surface area contributed by atoms with Crippen molar-refractivity contribution in [2.45, 2.75) is 13.8 Å². The van der Waals surface area contributed by atoms with Gasteiger partial charge < -0.3 is 10.6 Å². The van der Waals surface area contributed by atoms with Gasteiger partial charge in [-0.15, -0.1) is 0 Å². The molecule has 0 saturated heterocycles. The zero-order valence-electron chi connectivity index (χ0n) is 16.8. The molecule has 2 N–H and O–H groups in total. The molecule has 0 aliphatic heterocycles. The zero-order valence-corrected chi connectivity index (χ0v) is 16.8. The molecule has 2 amide bonds. The maximum atomic E-state index is 13.0. The van der Waals surface area contributed by atoms with Gasteiger partial charge in [-0.25, -0.2) is 0 Å². The van der Waals surface area contributed by atoms with Gasteiger partial charge in [0.05, 0.1) is 11.6 Å². The number of nitrogens with zero attached hydrogens (tertiary/aromatic N) is 1. The molecule has 0 atom stereocenters. The van der Waals surface area contributed by atoms with E-state index in [0.717, 1.165) is 11.1 Å². The molecule has 5 nitrogen and oxygen atoms in total. The number of aryl methyl sites for hydroxylation is 2. The van der Waals surface area contributed by atoms with Gasteiger partial charge in [-0.2, -0.15) is 5.26 Å². The molecule has 0 radical (unpaired) electrons. The first-order valence-electron chi connectivity index (χ1n) is 9.44. The number of benzene rings is 3. The quantitative estimate of drug-likeness (QED) is 0.369. The Kier molecular flexibility index (Phi) is 6.41. The van der Waals surface area contributed by atoms with Gasteiger partial charge in [-0.3, -0.25) is 9.59 Å². The lowest BCUT2D eigenvalue weighted by Crippen LogP contribution is -2.25. The van der Waals surface area contributed by atoms with Gasteiger partial charge in [0.25, 0.3) is 11.8 Å². The molecule has 0 aliphatic rings. The average molecular weight is 395 g/mol. The van der Waals surface area contributed by atoms with Crippen LogP contribution >= 0.6 is 0 Å². The molecule has 3 aromatic rings. The molecule has 5 heteroatoms. The molecule has 148 valence electrons. The van der Waals surface area contributed by atoms with Gasteiger partial charge in [0.2, 0.25) is 0 Å². The zero-order chi connectivity index (χ0) is 21.5. The summed E-state index contributed by atoms with van der Waals surface area (Å²) in [6.45, 7) is 3.76. The summed E-state index contributed by atoms with van der Waals surface area (Å²) in [6.07, 6.45) is 1.49. The summed E-state index contributed by atoms with van der Waals surface area (Å²) in [4.78, 5) is 26.1. The van der Waals surface area contributed by atoms with Crippen LogP contribution in [0.5, 0.6) is 0 Å². The molecule has 0 saturated carbocycles. The van der Waals surface area contributed by atoms with Crippen LogP contribution in [0.25, 0.3) is 6.08 Å². The first kappa shape index (κ1) is 20.6. The summed E-state index contributed by atoms with van der Waals surface area (Å²) in [6, 6.07) is 23.5. The summed E-state index contributed by atoms with van der Waals surface area (Å²) < 4.78 is 0. The largest absolute Gasteiger partial charge is 0.322 e. The Morgan fingerprint density at radius 2 is 1.33 bits per heavy atom. The van der Waals surface area contributed by atoms with E-state index in [2.05, 4.69) is 16.7 Å². The van der Waals surface area contributed by atoms with Crippen LogP contribution in [-0.2, 0) is 9.59 Å². The van der Waals surface area contributed by atoms with Crippen molar-refractivity contribution in [3.05, 3.63) is 101 Å². The van der Waals surface area contributed by atoms with Crippen molar-refractivity contribution in [3.8, 4) is 6.07 Å². The van der Waals surface area contributed by atoms with E-state index in [1.54, 1.807) is 36.4 Å². The number of rotatable bonds is 5. The van der Waals surface area contributed by atoms with Gasteiger partial charge in [0.1, 0.15) is 5.57 Å². The van der Waals surface area contributed by atoms with Crippen LogP contribution in [0.4, 0.5) is 11.4 Å². The molecule has 3 rings (SSSR count). The van der Waals surface area contributed by atoms with Crippen LogP contribution in [-0.4, -0.2) is 11.8 Å². The first-order chi connectivity index (χ1) is 14.5. The number of nitriles is 1. The van der Waals surface area contributed by atoms with Gasteiger partial charge in [0.15, 0.2) is 0 Å². The Morgan fingerprint density at radius 1 is 0.800 bits per heavy atom. The summed E-state index contributed by atoms with van der Waals surface area (Å²) in [5, 5.41) is 14.8. The number of carbonyl (C=O) groups excluding carboxylic acids is 2. The summed E-state index contributed by atoms with van der Waals surface area (Å²) in [5.74, 6) is -1.06. The van der Waals surface area contributed by atoms with E-state index >= 15 is 0 Å². The van der Waals surface area contributed by atoms with Crippen molar-refractivity contribution in [2.24, 2.45) is 0 Å². The maximum Gasteiger partial charge on any atom is 0.261 e. The molecule has 0 bridgehead atoms. The lowest BCUT2D eigenvalue weighted by molar-refractivity contribution is -0.118. The number of hydrogen-bond donors (Lipinski definition) is 2. The third-order valence-electron chi connectivity index (χ3n) is 4.60. The number of nitrogens with one attached hydrogen (secondary N) is 2. The molecule has 0 unspecified atom stereocenters. The summed E-state index contributed by atoms with van der Waals surface area (Å²) in [5.41, 5.74) is 4.00. The van der Waals surface area contributed by atoms with Crippen molar-refractivity contribution in [1.82, 2.24) is 0 Å². The molecule has 0 aliphatic carbocycles. The van der Waals surface area contributed by atoms with E-state index in [1.165, 1.54) is 6.08 Å². The number of anilines is 2. The molecular formula is C25H21N3O2. The van der Waals surface area contributed by atoms with Crippen molar-refractivity contribution in [1.29, 1.82) is 5.26 Å². The Hall–Kier alpha value is -4.17. The highest BCUT2D eigenvalue weighted by atomic mass is 16.2. The van der Waals surface area contributed by atoms with Crippen LogP contribution < -0.4 is 10.6 Å². The fourth-order valence-electron chi connectivity index (χ4n) is 2.90. The topological polar surface area (TPSA) is 82.0 Å². The molecule has 0 heterocycles. The van der Waals surface area contributed by atoms with E-state index < -0.39 is 11.8 Å². The van der Waals surface area contributed by atoms with Gasteiger partial charge in [-0.1, -0.05) is 48.5 Å². The Balaban J connectivity index is 1.97. The minimum atomic E-state index is -0.530. The minimum Gasteiger partial charge on any atom is -0.322 e. The van der Waals surface area contributed by atoms with Crippen LogP contribution in [0.1, 0.15) is 22.3 Å². The average Bonchev–Trinajstić information content (AvgIpc) is 2.75.